The Balaban J connectivity index is 1.46. The van der Waals surface area contributed by atoms with E-state index < -0.39 is 0 Å². The van der Waals surface area contributed by atoms with E-state index in [1.165, 1.54) is 5.56 Å². The molecule has 5 nitrogen and oxygen atoms in total. The quantitative estimate of drug-likeness (QED) is 0.746. The number of carbonyl (C=O) groups excluding carboxylic acids is 2. The molecule has 1 saturated heterocycles. The van der Waals surface area contributed by atoms with Crippen molar-refractivity contribution in [1.82, 2.24) is 9.80 Å². The molecule has 0 unspecified atom stereocenters. The topological polar surface area (TPSA) is 52.7 Å². The van der Waals surface area contributed by atoms with E-state index in [9.17, 15) is 9.59 Å². The summed E-state index contributed by atoms with van der Waals surface area (Å²) < 4.78 is 0. The molecule has 3 rings (SSSR count). The maximum atomic E-state index is 12.5. The molecular formula is C25H31N3O2. The molecule has 0 atom stereocenters. The number of aryl methyl sites for hydroxylation is 3. The maximum absolute atomic E-state index is 12.5. The van der Waals surface area contributed by atoms with Crippen LogP contribution in [0.25, 0.3) is 6.08 Å². The monoisotopic (exact) mass is 405 g/mol. The molecule has 2 aromatic rings. The average molecular weight is 406 g/mol. The Morgan fingerprint density at radius 1 is 0.967 bits per heavy atom. The largest absolute Gasteiger partial charge is 0.337 e. The van der Waals surface area contributed by atoms with Crippen molar-refractivity contribution in [3.8, 4) is 0 Å². The van der Waals surface area contributed by atoms with E-state index in [0.717, 1.165) is 28.8 Å². The predicted molar refractivity (Wildman–Crippen MR) is 122 cm³/mol. The first-order chi connectivity index (χ1) is 14.5. The summed E-state index contributed by atoms with van der Waals surface area (Å²) >= 11 is 0. The summed E-state index contributed by atoms with van der Waals surface area (Å²) in [6, 6.07) is 14.2. The van der Waals surface area contributed by atoms with Gasteiger partial charge in [0.15, 0.2) is 0 Å². The molecular weight excluding hydrogens is 374 g/mol. The van der Waals surface area contributed by atoms with Crippen LogP contribution in [0.5, 0.6) is 0 Å². The number of piperazine rings is 1. The van der Waals surface area contributed by atoms with Crippen LogP contribution in [0.4, 0.5) is 5.69 Å². The van der Waals surface area contributed by atoms with Crippen LogP contribution < -0.4 is 5.32 Å². The number of nitrogens with zero attached hydrogens (tertiary/aromatic N) is 2. The summed E-state index contributed by atoms with van der Waals surface area (Å²) in [7, 11) is 0. The van der Waals surface area contributed by atoms with Gasteiger partial charge < -0.3 is 10.2 Å². The number of anilines is 1. The van der Waals surface area contributed by atoms with Gasteiger partial charge in [0.25, 0.3) is 0 Å². The number of nitrogens with one attached hydrogen (secondary N) is 1. The van der Waals surface area contributed by atoms with Crippen molar-refractivity contribution in [3.63, 3.8) is 0 Å². The molecule has 0 bridgehead atoms. The van der Waals surface area contributed by atoms with Crippen LogP contribution in [0.1, 0.15) is 29.2 Å². The summed E-state index contributed by atoms with van der Waals surface area (Å²) in [5.74, 6) is 0.0109. The molecule has 1 aliphatic heterocycles. The summed E-state index contributed by atoms with van der Waals surface area (Å²) in [5, 5.41) is 3.03. The van der Waals surface area contributed by atoms with Crippen LogP contribution >= 0.6 is 0 Å². The van der Waals surface area contributed by atoms with Gasteiger partial charge in [-0.3, -0.25) is 14.5 Å². The maximum Gasteiger partial charge on any atom is 0.246 e. The van der Waals surface area contributed by atoms with Gasteiger partial charge in [0.05, 0.1) is 6.54 Å². The molecule has 30 heavy (non-hydrogen) atoms. The molecule has 1 N–H and O–H groups in total. The third-order valence-electron chi connectivity index (χ3n) is 5.60. The molecule has 2 amide bonds. The standard InChI is InChI=1S/C25H31N3O2/c1-4-21-8-10-22(11-9-21)12-13-24(30)28-16-14-27(15-17-28)18-23(29)26-25-19(2)6-5-7-20(25)3/h5-13H,4,14-18H2,1-3H3,(H,26,29)/b13-12+. The number of rotatable bonds is 6. The van der Waals surface area contributed by atoms with Crippen molar-refractivity contribution < 1.29 is 9.59 Å². The summed E-state index contributed by atoms with van der Waals surface area (Å²) in [5.41, 5.74) is 5.34. The molecule has 1 fully saturated rings. The zero-order valence-corrected chi connectivity index (χ0v) is 18.1. The molecule has 5 heteroatoms. The van der Waals surface area contributed by atoms with E-state index in [-0.39, 0.29) is 11.8 Å². The minimum Gasteiger partial charge on any atom is -0.337 e. The Morgan fingerprint density at radius 3 is 2.20 bits per heavy atom. The molecule has 0 aromatic heterocycles. The van der Waals surface area contributed by atoms with E-state index in [2.05, 4.69) is 29.3 Å². The van der Waals surface area contributed by atoms with Crippen LogP contribution in [0.3, 0.4) is 0 Å². The molecule has 0 radical (unpaired) electrons. The lowest BCUT2D eigenvalue weighted by Crippen LogP contribution is -2.50. The second kappa shape index (κ2) is 10.2. The van der Waals surface area contributed by atoms with Crippen molar-refractivity contribution in [2.45, 2.75) is 27.2 Å². The number of para-hydroxylation sites is 1. The first kappa shape index (κ1) is 21.8. The van der Waals surface area contributed by atoms with Gasteiger partial charge in [0.1, 0.15) is 0 Å². The van der Waals surface area contributed by atoms with Crippen molar-refractivity contribution in [1.29, 1.82) is 0 Å². The van der Waals surface area contributed by atoms with Crippen molar-refractivity contribution in [2.75, 3.05) is 38.0 Å². The molecule has 1 aliphatic rings. The van der Waals surface area contributed by atoms with Gasteiger partial charge in [0.2, 0.25) is 11.8 Å². The minimum absolute atomic E-state index is 0.0115. The number of carbonyl (C=O) groups is 2. The van der Waals surface area contributed by atoms with Crippen LogP contribution in [0.2, 0.25) is 0 Å². The molecule has 0 aliphatic carbocycles. The Labute approximate surface area is 179 Å². The highest BCUT2D eigenvalue weighted by Crippen LogP contribution is 2.19. The number of benzene rings is 2. The van der Waals surface area contributed by atoms with Crippen molar-refractivity contribution >= 4 is 23.6 Å². The fourth-order valence-corrected chi connectivity index (χ4v) is 3.66. The van der Waals surface area contributed by atoms with Gasteiger partial charge in [-0.15, -0.1) is 0 Å². The molecule has 1 heterocycles. The van der Waals surface area contributed by atoms with E-state index in [1.54, 1.807) is 6.08 Å². The Kier molecular flexibility index (Phi) is 7.41. The number of amides is 2. The van der Waals surface area contributed by atoms with E-state index in [4.69, 9.17) is 0 Å². The van der Waals surface area contributed by atoms with Crippen LogP contribution in [-0.2, 0) is 16.0 Å². The lowest BCUT2D eigenvalue weighted by Gasteiger charge is -2.33. The van der Waals surface area contributed by atoms with Crippen molar-refractivity contribution in [2.24, 2.45) is 0 Å². The average Bonchev–Trinajstić information content (AvgIpc) is 2.75. The van der Waals surface area contributed by atoms with Gasteiger partial charge in [-0.05, 0) is 48.6 Å². The minimum atomic E-state index is -0.0115. The van der Waals surface area contributed by atoms with Gasteiger partial charge >= 0.3 is 0 Å². The highest BCUT2D eigenvalue weighted by molar-refractivity contribution is 5.94. The first-order valence-electron chi connectivity index (χ1n) is 10.6. The predicted octanol–water partition coefficient (Wildman–Crippen LogP) is 3.66. The Bertz CT molecular complexity index is 890. The molecule has 2 aromatic carbocycles. The zero-order chi connectivity index (χ0) is 21.5. The fourth-order valence-electron chi connectivity index (χ4n) is 3.66. The second-order valence-electron chi connectivity index (χ2n) is 7.84. The smallest absolute Gasteiger partial charge is 0.246 e. The van der Waals surface area contributed by atoms with E-state index in [0.29, 0.717) is 32.7 Å². The first-order valence-corrected chi connectivity index (χ1v) is 10.6. The third-order valence-corrected chi connectivity index (χ3v) is 5.60. The number of hydrogen-bond donors (Lipinski definition) is 1. The molecule has 0 saturated carbocycles. The molecule has 158 valence electrons. The number of hydrogen-bond acceptors (Lipinski definition) is 3. The second-order valence-corrected chi connectivity index (χ2v) is 7.84. The zero-order valence-electron chi connectivity index (χ0n) is 18.1. The third kappa shape index (κ3) is 5.80. The molecule has 0 spiro atoms. The summed E-state index contributed by atoms with van der Waals surface area (Å²) in [6.45, 7) is 9.13. The lowest BCUT2D eigenvalue weighted by molar-refractivity contribution is -0.127. The normalized spacial score (nSPS) is 14.8. The van der Waals surface area contributed by atoms with E-state index >= 15 is 0 Å². The lowest BCUT2D eigenvalue weighted by atomic mass is 10.1. The summed E-state index contributed by atoms with van der Waals surface area (Å²) in [6.07, 6.45) is 4.52. The van der Waals surface area contributed by atoms with Gasteiger partial charge in [-0.25, -0.2) is 0 Å². The Hall–Kier alpha value is -2.92. The van der Waals surface area contributed by atoms with Crippen LogP contribution in [0, 0.1) is 13.8 Å². The van der Waals surface area contributed by atoms with Crippen LogP contribution in [-0.4, -0.2) is 54.3 Å². The van der Waals surface area contributed by atoms with Crippen LogP contribution in [0.15, 0.2) is 48.5 Å². The van der Waals surface area contributed by atoms with E-state index in [1.807, 2.05) is 55.2 Å². The Morgan fingerprint density at radius 2 is 1.60 bits per heavy atom. The van der Waals surface area contributed by atoms with Gasteiger partial charge in [0, 0.05) is 37.9 Å². The SMILES string of the molecule is CCc1ccc(/C=C/C(=O)N2CCN(CC(=O)Nc3c(C)cccc3C)CC2)cc1. The highest BCUT2D eigenvalue weighted by atomic mass is 16.2. The summed E-state index contributed by atoms with van der Waals surface area (Å²) in [4.78, 5) is 28.9. The fraction of sp³-hybridized carbons (Fsp3) is 0.360. The highest BCUT2D eigenvalue weighted by Gasteiger charge is 2.21. The van der Waals surface area contributed by atoms with Gasteiger partial charge in [-0.2, -0.15) is 0 Å². The van der Waals surface area contributed by atoms with Crippen molar-refractivity contribution in [3.05, 3.63) is 70.8 Å². The van der Waals surface area contributed by atoms with Gasteiger partial charge in [-0.1, -0.05) is 49.4 Å².